The van der Waals surface area contributed by atoms with Gasteiger partial charge in [0, 0.05) is 18.7 Å². The molecule has 1 heterocycles. The molecule has 0 radical (unpaired) electrons. The number of nitrogens with zero attached hydrogens (tertiary/aromatic N) is 1. The van der Waals surface area contributed by atoms with Gasteiger partial charge in [0.25, 0.3) is 0 Å². The van der Waals surface area contributed by atoms with E-state index in [1.807, 2.05) is 0 Å². The highest BCUT2D eigenvalue weighted by molar-refractivity contribution is 5.52. The fourth-order valence-electron chi connectivity index (χ4n) is 2.60. The molecule has 0 aliphatic carbocycles. The standard InChI is InChI=1S/C14H22N2O3/c1-16-6-2-3-10(9-16)7-15-8-11-4-5-12(17)14(19)13(11)18/h4-5,10,15,17-19H,2-3,6-9H2,1H3. The van der Waals surface area contributed by atoms with Crippen molar-refractivity contribution < 1.29 is 15.3 Å². The van der Waals surface area contributed by atoms with Crippen LogP contribution in [-0.2, 0) is 6.54 Å². The Balaban J connectivity index is 1.84. The fourth-order valence-corrected chi connectivity index (χ4v) is 2.60. The first-order valence-electron chi connectivity index (χ1n) is 6.70. The van der Waals surface area contributed by atoms with Gasteiger partial charge in [-0.25, -0.2) is 0 Å². The smallest absolute Gasteiger partial charge is 0.200 e. The van der Waals surface area contributed by atoms with Gasteiger partial charge in [0.1, 0.15) is 0 Å². The van der Waals surface area contributed by atoms with Crippen LogP contribution in [0.25, 0.3) is 0 Å². The number of hydrogen-bond donors (Lipinski definition) is 4. The van der Waals surface area contributed by atoms with Gasteiger partial charge in [0.05, 0.1) is 0 Å². The maximum Gasteiger partial charge on any atom is 0.200 e. The minimum atomic E-state index is -0.448. The Labute approximate surface area is 113 Å². The van der Waals surface area contributed by atoms with Crippen molar-refractivity contribution in [1.29, 1.82) is 0 Å². The van der Waals surface area contributed by atoms with Crippen LogP contribution in [-0.4, -0.2) is 46.9 Å². The Bertz CT molecular complexity index is 437. The lowest BCUT2D eigenvalue weighted by molar-refractivity contribution is 0.206. The third kappa shape index (κ3) is 3.52. The Hall–Kier alpha value is -1.46. The molecule has 1 aromatic rings. The summed E-state index contributed by atoms with van der Waals surface area (Å²) >= 11 is 0. The second-order valence-corrected chi connectivity index (χ2v) is 5.34. The van der Waals surface area contributed by atoms with Crippen LogP contribution in [0, 0.1) is 5.92 Å². The first-order valence-corrected chi connectivity index (χ1v) is 6.70. The van der Waals surface area contributed by atoms with Crippen LogP contribution in [0.3, 0.4) is 0 Å². The molecule has 1 unspecified atom stereocenters. The van der Waals surface area contributed by atoms with Crippen LogP contribution in [0.2, 0.25) is 0 Å². The average molecular weight is 266 g/mol. The van der Waals surface area contributed by atoms with Gasteiger partial charge in [-0.1, -0.05) is 6.07 Å². The summed E-state index contributed by atoms with van der Waals surface area (Å²) in [7, 11) is 2.13. The maximum absolute atomic E-state index is 9.70. The van der Waals surface area contributed by atoms with E-state index in [1.54, 1.807) is 6.07 Å². The highest BCUT2D eigenvalue weighted by Gasteiger charge is 2.17. The summed E-state index contributed by atoms with van der Waals surface area (Å²) in [4.78, 5) is 2.33. The molecule has 1 aliphatic heterocycles. The lowest BCUT2D eigenvalue weighted by Crippen LogP contribution is -2.37. The molecule has 1 aromatic carbocycles. The number of piperidine rings is 1. The van der Waals surface area contributed by atoms with Gasteiger partial charge in [0.2, 0.25) is 5.75 Å². The molecule has 0 spiro atoms. The van der Waals surface area contributed by atoms with Crippen molar-refractivity contribution in [3.05, 3.63) is 17.7 Å². The fraction of sp³-hybridized carbons (Fsp3) is 0.571. The zero-order chi connectivity index (χ0) is 13.8. The van der Waals surface area contributed by atoms with Crippen LogP contribution in [0.4, 0.5) is 0 Å². The third-order valence-corrected chi connectivity index (χ3v) is 3.68. The third-order valence-electron chi connectivity index (χ3n) is 3.68. The van der Waals surface area contributed by atoms with Crippen LogP contribution >= 0.6 is 0 Å². The number of aromatic hydroxyl groups is 3. The molecule has 4 N–H and O–H groups in total. The Morgan fingerprint density at radius 1 is 1.26 bits per heavy atom. The predicted molar refractivity (Wildman–Crippen MR) is 73.4 cm³/mol. The van der Waals surface area contributed by atoms with E-state index in [2.05, 4.69) is 17.3 Å². The lowest BCUT2D eigenvalue weighted by atomic mass is 9.98. The number of likely N-dealkylation sites (tertiary alicyclic amines) is 1. The van der Waals surface area contributed by atoms with Gasteiger partial charge in [-0.15, -0.1) is 0 Å². The second-order valence-electron chi connectivity index (χ2n) is 5.34. The molecular formula is C14H22N2O3. The molecule has 0 aromatic heterocycles. The minimum Gasteiger partial charge on any atom is -0.504 e. The molecule has 0 bridgehead atoms. The number of hydrogen-bond acceptors (Lipinski definition) is 5. The van der Waals surface area contributed by atoms with Gasteiger partial charge in [-0.2, -0.15) is 0 Å². The highest BCUT2D eigenvalue weighted by atomic mass is 16.3. The summed E-state index contributed by atoms with van der Waals surface area (Å²) in [5.41, 5.74) is 0.597. The summed E-state index contributed by atoms with van der Waals surface area (Å²) in [5, 5.41) is 31.7. The molecule has 0 amide bonds. The van der Waals surface area contributed by atoms with Crippen molar-refractivity contribution in [2.45, 2.75) is 19.4 Å². The van der Waals surface area contributed by atoms with Gasteiger partial charge in [0.15, 0.2) is 11.5 Å². The predicted octanol–water partition coefficient (Wildman–Crippen LogP) is 1.23. The van der Waals surface area contributed by atoms with Crippen molar-refractivity contribution >= 4 is 0 Å². The first kappa shape index (κ1) is 14.0. The van der Waals surface area contributed by atoms with Crippen molar-refractivity contribution in [2.24, 2.45) is 5.92 Å². The molecule has 1 aliphatic rings. The summed E-state index contributed by atoms with van der Waals surface area (Å²) in [6.45, 7) is 3.65. The first-order chi connectivity index (χ1) is 9.08. The number of nitrogens with one attached hydrogen (secondary N) is 1. The van der Waals surface area contributed by atoms with E-state index in [9.17, 15) is 15.3 Å². The average Bonchev–Trinajstić information content (AvgIpc) is 2.39. The summed E-state index contributed by atoms with van der Waals surface area (Å²) in [6.07, 6.45) is 2.46. The largest absolute Gasteiger partial charge is 0.504 e. The van der Waals surface area contributed by atoms with Crippen LogP contribution in [0.1, 0.15) is 18.4 Å². The molecule has 1 fully saturated rings. The van der Waals surface area contributed by atoms with Crippen LogP contribution in [0.5, 0.6) is 17.2 Å². The SMILES string of the molecule is CN1CCCC(CNCc2ccc(O)c(O)c2O)C1. The summed E-state index contributed by atoms with van der Waals surface area (Å²) in [6, 6.07) is 3.00. The molecule has 5 nitrogen and oxygen atoms in total. The Kier molecular flexibility index (Phi) is 4.50. The number of phenols is 3. The second kappa shape index (κ2) is 6.12. The van der Waals surface area contributed by atoms with E-state index in [0.29, 0.717) is 18.0 Å². The topological polar surface area (TPSA) is 76.0 Å². The highest BCUT2D eigenvalue weighted by Crippen LogP contribution is 2.36. The molecule has 5 heteroatoms. The number of rotatable bonds is 4. The molecule has 1 atom stereocenters. The van der Waals surface area contributed by atoms with E-state index < -0.39 is 5.75 Å². The molecular weight excluding hydrogens is 244 g/mol. The molecule has 0 saturated carbocycles. The van der Waals surface area contributed by atoms with Gasteiger partial charge >= 0.3 is 0 Å². The molecule has 19 heavy (non-hydrogen) atoms. The maximum atomic E-state index is 9.70. The van der Waals surface area contributed by atoms with Crippen molar-refractivity contribution in [2.75, 3.05) is 26.7 Å². The molecule has 1 saturated heterocycles. The Morgan fingerprint density at radius 2 is 2.05 bits per heavy atom. The van der Waals surface area contributed by atoms with Crippen molar-refractivity contribution in [3.63, 3.8) is 0 Å². The van der Waals surface area contributed by atoms with Gasteiger partial charge in [-0.05, 0) is 45.0 Å². The molecule has 106 valence electrons. The number of benzene rings is 1. The Morgan fingerprint density at radius 3 is 2.79 bits per heavy atom. The van der Waals surface area contributed by atoms with E-state index in [-0.39, 0.29) is 11.5 Å². The van der Waals surface area contributed by atoms with Crippen molar-refractivity contribution in [3.8, 4) is 17.2 Å². The summed E-state index contributed by atoms with van der Waals surface area (Å²) in [5.74, 6) is -0.355. The normalized spacial score (nSPS) is 20.6. The van der Waals surface area contributed by atoms with Gasteiger partial charge in [-0.3, -0.25) is 0 Å². The molecule has 2 rings (SSSR count). The number of phenolic OH excluding ortho intramolecular Hbond substituents is 3. The zero-order valence-corrected chi connectivity index (χ0v) is 11.3. The van der Waals surface area contributed by atoms with E-state index >= 15 is 0 Å². The van der Waals surface area contributed by atoms with E-state index in [1.165, 1.54) is 25.5 Å². The quantitative estimate of drug-likeness (QED) is 0.617. The zero-order valence-electron chi connectivity index (χ0n) is 11.3. The van der Waals surface area contributed by atoms with Crippen LogP contribution in [0.15, 0.2) is 12.1 Å². The van der Waals surface area contributed by atoms with Crippen LogP contribution < -0.4 is 5.32 Å². The lowest BCUT2D eigenvalue weighted by Gasteiger charge is -2.29. The monoisotopic (exact) mass is 266 g/mol. The van der Waals surface area contributed by atoms with E-state index in [0.717, 1.165) is 13.1 Å². The summed E-state index contributed by atoms with van der Waals surface area (Å²) < 4.78 is 0. The van der Waals surface area contributed by atoms with Gasteiger partial charge < -0.3 is 25.5 Å². The van der Waals surface area contributed by atoms with E-state index in [4.69, 9.17) is 0 Å². The minimum absolute atomic E-state index is 0.242. The van der Waals surface area contributed by atoms with Crippen molar-refractivity contribution in [1.82, 2.24) is 10.2 Å².